The van der Waals surface area contributed by atoms with Crippen molar-refractivity contribution in [2.75, 3.05) is 13.2 Å². The highest BCUT2D eigenvalue weighted by Gasteiger charge is 2.29. The van der Waals surface area contributed by atoms with Crippen LogP contribution in [0.25, 0.3) is 0 Å². The molecule has 0 aliphatic rings. The van der Waals surface area contributed by atoms with Crippen LogP contribution < -0.4 is 0 Å². The lowest BCUT2D eigenvalue weighted by atomic mass is 10.0. The van der Waals surface area contributed by atoms with E-state index in [0.29, 0.717) is 0 Å². The molecule has 13 heavy (non-hydrogen) atoms. The Morgan fingerprint density at radius 3 is 1.08 bits per heavy atom. The number of rotatable bonds is 5. The van der Waals surface area contributed by atoms with Gasteiger partial charge in [-0.1, -0.05) is 0 Å². The maximum absolute atomic E-state index is 8.96. The molecule has 5 atom stereocenters. The Bertz CT molecular complexity index is 110. The summed E-state index contributed by atoms with van der Waals surface area (Å²) in [6.07, 6.45) is -6.39. The van der Waals surface area contributed by atoms with Gasteiger partial charge in [-0.25, -0.2) is 0 Å². The summed E-state index contributed by atoms with van der Waals surface area (Å²) >= 11 is 0. The Morgan fingerprint density at radius 1 is 0.692 bits per heavy atom. The molecule has 0 saturated heterocycles. The van der Waals surface area contributed by atoms with E-state index >= 15 is 0 Å². The van der Waals surface area contributed by atoms with Crippen molar-refractivity contribution in [2.45, 2.75) is 24.4 Å². The largest absolute Gasteiger partial charge is 0.394 e. The minimum absolute atomic E-state index is 0. The van der Waals surface area contributed by atoms with E-state index in [1.165, 1.54) is 0 Å². The van der Waals surface area contributed by atoms with Gasteiger partial charge in [-0.05, 0) is 0 Å². The van der Waals surface area contributed by atoms with Crippen LogP contribution >= 0.6 is 9.90 Å². The molecule has 0 aromatic rings. The highest BCUT2D eigenvalue weighted by Crippen LogP contribution is 2.03. The summed E-state index contributed by atoms with van der Waals surface area (Å²) in [7, 11) is 0. The fraction of sp³-hybridized carbons (Fsp3) is 1.00. The van der Waals surface area contributed by atoms with Crippen molar-refractivity contribution in [1.29, 1.82) is 0 Å². The van der Waals surface area contributed by atoms with Crippen LogP contribution in [0, 0.1) is 0 Å². The van der Waals surface area contributed by atoms with Gasteiger partial charge in [0.25, 0.3) is 0 Å². The zero-order chi connectivity index (χ0) is 9.72. The van der Waals surface area contributed by atoms with Crippen LogP contribution in [0.15, 0.2) is 0 Å². The summed E-state index contributed by atoms with van der Waals surface area (Å²) in [5.41, 5.74) is 0. The van der Waals surface area contributed by atoms with E-state index in [1.54, 1.807) is 0 Å². The Hall–Kier alpha value is 0.190. The average molecular weight is 216 g/mol. The number of hydrogen-bond donors (Lipinski definition) is 6. The summed E-state index contributed by atoms with van der Waals surface area (Å²) < 4.78 is 0. The zero-order valence-electron chi connectivity index (χ0n) is 7.11. The highest BCUT2D eigenvalue weighted by atomic mass is 31.0. The molecule has 0 radical (unpaired) electrons. The van der Waals surface area contributed by atoms with Gasteiger partial charge in [0.1, 0.15) is 24.4 Å². The van der Waals surface area contributed by atoms with Crippen LogP contribution in [0.5, 0.6) is 0 Å². The van der Waals surface area contributed by atoms with E-state index in [1.807, 2.05) is 0 Å². The molecular weight excluding hydrogens is 199 g/mol. The maximum Gasteiger partial charge on any atom is 0.111 e. The molecule has 7 heteroatoms. The minimum atomic E-state index is -1.67. The lowest BCUT2D eigenvalue weighted by Crippen LogP contribution is -2.46. The summed E-state index contributed by atoms with van der Waals surface area (Å²) in [4.78, 5) is 0. The molecule has 0 spiro atoms. The van der Waals surface area contributed by atoms with Crippen LogP contribution in [0.2, 0.25) is 0 Å². The molecule has 82 valence electrons. The summed E-state index contributed by atoms with van der Waals surface area (Å²) in [6, 6.07) is 0. The molecule has 0 saturated carbocycles. The van der Waals surface area contributed by atoms with Gasteiger partial charge in [-0.2, -0.15) is 9.90 Å². The van der Waals surface area contributed by atoms with Crippen LogP contribution in [0.1, 0.15) is 0 Å². The first kappa shape index (κ1) is 15.7. The van der Waals surface area contributed by atoms with Crippen LogP contribution in [-0.2, 0) is 0 Å². The summed E-state index contributed by atoms with van der Waals surface area (Å²) in [6.45, 7) is -1.45. The maximum atomic E-state index is 8.96. The molecule has 5 unspecified atom stereocenters. The van der Waals surface area contributed by atoms with Gasteiger partial charge >= 0.3 is 0 Å². The predicted octanol–water partition coefficient (Wildman–Crippen LogP) is -3.53. The van der Waals surface area contributed by atoms with Crippen molar-refractivity contribution in [3.63, 3.8) is 0 Å². The first-order valence-corrected chi connectivity index (χ1v) is 3.48. The van der Waals surface area contributed by atoms with Gasteiger partial charge < -0.3 is 30.6 Å². The first-order chi connectivity index (χ1) is 5.54. The Labute approximate surface area is 79.1 Å². The molecule has 0 rings (SSSR count). The van der Waals surface area contributed by atoms with E-state index < -0.39 is 37.6 Å². The van der Waals surface area contributed by atoms with E-state index in [9.17, 15) is 0 Å². The highest BCUT2D eigenvalue weighted by molar-refractivity contribution is 6.92. The Balaban J connectivity index is 0. The van der Waals surface area contributed by atoms with E-state index in [4.69, 9.17) is 30.6 Å². The van der Waals surface area contributed by atoms with Gasteiger partial charge in [0, 0.05) is 0 Å². The second-order valence-electron chi connectivity index (χ2n) is 2.48. The number of hydrogen-bond acceptors (Lipinski definition) is 6. The van der Waals surface area contributed by atoms with E-state index in [2.05, 4.69) is 0 Å². The lowest BCUT2D eigenvalue weighted by Gasteiger charge is -2.24. The molecule has 0 amide bonds. The van der Waals surface area contributed by atoms with Gasteiger partial charge in [-0.15, -0.1) is 0 Å². The van der Waals surface area contributed by atoms with Crippen molar-refractivity contribution in [3.05, 3.63) is 0 Å². The average Bonchev–Trinajstić information content (AvgIpc) is 2.12. The number of aliphatic hydroxyl groups excluding tert-OH is 6. The monoisotopic (exact) mass is 216 g/mol. The minimum Gasteiger partial charge on any atom is -0.394 e. The number of aliphatic hydroxyl groups is 6. The molecule has 0 aromatic carbocycles. The Morgan fingerprint density at radius 2 is 0.923 bits per heavy atom. The normalized spacial score (nSPS) is 19.8. The second kappa shape index (κ2) is 7.58. The predicted molar refractivity (Wildman–Crippen MR) is 49.3 cm³/mol. The van der Waals surface area contributed by atoms with E-state index in [0.717, 1.165) is 0 Å². The lowest BCUT2D eigenvalue weighted by molar-refractivity contribution is -0.123. The standard InChI is InChI=1S/C6H14O6.H3P/c7-1-3(9)5(11)6(12)4(10)2-8;/h3-12H,1-2H2;1H3. The van der Waals surface area contributed by atoms with Gasteiger partial charge in [0.2, 0.25) is 0 Å². The van der Waals surface area contributed by atoms with Crippen molar-refractivity contribution in [2.24, 2.45) is 0 Å². The van der Waals surface area contributed by atoms with Crippen molar-refractivity contribution >= 4 is 9.90 Å². The molecular formula is C6H17O6P. The molecule has 0 aliphatic heterocycles. The molecule has 0 aliphatic carbocycles. The molecule has 0 aromatic heterocycles. The summed E-state index contributed by atoms with van der Waals surface area (Å²) in [5, 5.41) is 52.2. The van der Waals surface area contributed by atoms with Crippen LogP contribution in [0.3, 0.4) is 0 Å². The molecule has 6 nitrogen and oxygen atoms in total. The van der Waals surface area contributed by atoms with Crippen molar-refractivity contribution < 1.29 is 30.6 Å². The molecule has 0 heterocycles. The topological polar surface area (TPSA) is 121 Å². The van der Waals surface area contributed by atoms with Crippen LogP contribution in [-0.4, -0.2) is 68.3 Å². The van der Waals surface area contributed by atoms with Gasteiger partial charge in [-0.3, -0.25) is 0 Å². The molecule has 0 bridgehead atoms. The zero-order valence-corrected chi connectivity index (χ0v) is 8.53. The first-order valence-electron chi connectivity index (χ1n) is 3.48. The third-order valence-corrected chi connectivity index (χ3v) is 1.51. The van der Waals surface area contributed by atoms with Crippen LogP contribution in [0.4, 0.5) is 0 Å². The fourth-order valence-corrected chi connectivity index (χ4v) is 0.671. The van der Waals surface area contributed by atoms with Crippen molar-refractivity contribution in [1.82, 2.24) is 0 Å². The third-order valence-electron chi connectivity index (χ3n) is 1.51. The third kappa shape index (κ3) is 4.83. The van der Waals surface area contributed by atoms with Gasteiger partial charge in [0.05, 0.1) is 13.2 Å². The summed E-state index contributed by atoms with van der Waals surface area (Å²) in [5.74, 6) is 0. The smallest absolute Gasteiger partial charge is 0.111 e. The SMILES string of the molecule is OCC(O)C(O)C(O)C(O)CO.P. The fourth-order valence-electron chi connectivity index (χ4n) is 0.671. The van der Waals surface area contributed by atoms with Gasteiger partial charge in [0.15, 0.2) is 0 Å². The molecule has 0 fully saturated rings. The Kier molecular flexibility index (Phi) is 9.13. The van der Waals surface area contributed by atoms with E-state index in [-0.39, 0.29) is 9.90 Å². The van der Waals surface area contributed by atoms with Crippen molar-refractivity contribution in [3.8, 4) is 0 Å². The molecule has 6 N–H and O–H groups in total. The quantitative estimate of drug-likeness (QED) is 0.265. The second-order valence-corrected chi connectivity index (χ2v) is 2.48.